The molecule has 0 spiro atoms. The molecule has 19 heavy (non-hydrogen) atoms. The Hall–Kier alpha value is -1.30. The number of nitrogens with one attached hydrogen (secondary N) is 1. The third-order valence-electron chi connectivity index (χ3n) is 2.35. The van der Waals surface area contributed by atoms with E-state index in [9.17, 15) is 9.59 Å². The molecule has 3 N–H and O–H groups in total. The van der Waals surface area contributed by atoms with E-state index in [1.54, 1.807) is 27.7 Å². The van der Waals surface area contributed by atoms with Crippen LogP contribution in [-0.4, -0.2) is 36.4 Å². The normalized spacial score (nSPS) is 14.7. The van der Waals surface area contributed by atoms with Gasteiger partial charge in [-0.2, -0.15) is 0 Å². The Labute approximate surface area is 115 Å². The van der Waals surface area contributed by atoms with Crippen molar-refractivity contribution in [1.29, 1.82) is 0 Å². The van der Waals surface area contributed by atoms with E-state index in [2.05, 4.69) is 5.32 Å². The molecule has 112 valence electrons. The number of ether oxygens (including phenoxy) is 2. The molecule has 0 aromatic heterocycles. The predicted octanol–water partition coefficient (Wildman–Crippen LogP) is 1.43. The lowest BCUT2D eigenvalue weighted by Crippen LogP contribution is -2.55. The maximum absolute atomic E-state index is 11.7. The lowest BCUT2D eigenvalue weighted by molar-refractivity contribution is -0.145. The fourth-order valence-electron chi connectivity index (χ4n) is 1.50. The SMILES string of the molecule is CCOC(=O)[C@@H](N)[C@H](NC(=O)OC(C)(C)C)C(C)C. The molecule has 0 saturated carbocycles. The average Bonchev–Trinajstić information content (AvgIpc) is 2.22. The minimum absolute atomic E-state index is 0.0214. The van der Waals surface area contributed by atoms with Gasteiger partial charge in [0.1, 0.15) is 11.6 Å². The van der Waals surface area contributed by atoms with Crippen LogP contribution in [0.5, 0.6) is 0 Å². The van der Waals surface area contributed by atoms with Crippen LogP contribution in [0.3, 0.4) is 0 Å². The summed E-state index contributed by atoms with van der Waals surface area (Å²) in [4.78, 5) is 23.3. The molecule has 6 nitrogen and oxygen atoms in total. The topological polar surface area (TPSA) is 90.6 Å². The highest BCUT2D eigenvalue weighted by Crippen LogP contribution is 2.10. The Morgan fingerprint density at radius 3 is 2.16 bits per heavy atom. The van der Waals surface area contributed by atoms with E-state index in [0.29, 0.717) is 0 Å². The molecule has 0 aliphatic carbocycles. The number of nitrogens with two attached hydrogens (primary N) is 1. The van der Waals surface area contributed by atoms with Gasteiger partial charge in [0, 0.05) is 0 Å². The second kappa shape index (κ2) is 7.33. The molecule has 0 radical (unpaired) electrons. The number of esters is 1. The Balaban J connectivity index is 4.66. The van der Waals surface area contributed by atoms with E-state index in [4.69, 9.17) is 15.2 Å². The van der Waals surface area contributed by atoms with E-state index >= 15 is 0 Å². The second-order valence-electron chi connectivity index (χ2n) is 5.69. The molecule has 0 rings (SSSR count). The molecule has 0 aromatic carbocycles. The van der Waals surface area contributed by atoms with Crippen molar-refractivity contribution in [2.45, 2.75) is 59.2 Å². The van der Waals surface area contributed by atoms with Crippen LogP contribution in [0.1, 0.15) is 41.5 Å². The first-order valence-corrected chi connectivity index (χ1v) is 6.50. The van der Waals surface area contributed by atoms with Crippen LogP contribution in [0.2, 0.25) is 0 Å². The Morgan fingerprint density at radius 2 is 1.79 bits per heavy atom. The quantitative estimate of drug-likeness (QED) is 0.740. The molecule has 1 amide bonds. The first-order valence-electron chi connectivity index (χ1n) is 6.50. The number of hydrogen-bond acceptors (Lipinski definition) is 5. The van der Waals surface area contributed by atoms with Crippen molar-refractivity contribution in [3.05, 3.63) is 0 Å². The highest BCUT2D eigenvalue weighted by Gasteiger charge is 2.31. The molecule has 0 aromatic rings. The highest BCUT2D eigenvalue weighted by molar-refractivity contribution is 5.78. The maximum Gasteiger partial charge on any atom is 0.407 e. The van der Waals surface area contributed by atoms with E-state index in [0.717, 1.165) is 0 Å². The maximum atomic E-state index is 11.7. The molecule has 6 heteroatoms. The molecule has 0 saturated heterocycles. The number of carbonyl (C=O) groups is 2. The van der Waals surface area contributed by atoms with Crippen molar-refractivity contribution in [3.8, 4) is 0 Å². The molecule has 0 unspecified atom stereocenters. The molecular weight excluding hydrogens is 248 g/mol. The van der Waals surface area contributed by atoms with E-state index < -0.39 is 29.7 Å². The molecule has 0 bridgehead atoms. The molecule has 0 heterocycles. The van der Waals surface area contributed by atoms with Crippen LogP contribution in [0.25, 0.3) is 0 Å². The summed E-state index contributed by atoms with van der Waals surface area (Å²) in [6, 6.07) is -1.44. The molecule has 0 aliphatic rings. The van der Waals surface area contributed by atoms with Gasteiger partial charge in [0.05, 0.1) is 12.6 Å². The van der Waals surface area contributed by atoms with Crippen LogP contribution < -0.4 is 11.1 Å². The fraction of sp³-hybridized carbons (Fsp3) is 0.846. The van der Waals surface area contributed by atoms with Gasteiger partial charge in [0.15, 0.2) is 0 Å². The average molecular weight is 274 g/mol. The summed E-state index contributed by atoms with van der Waals surface area (Å²) >= 11 is 0. The van der Waals surface area contributed by atoms with Gasteiger partial charge in [0.2, 0.25) is 0 Å². The summed E-state index contributed by atoms with van der Waals surface area (Å²) in [6.07, 6.45) is -0.592. The van der Waals surface area contributed by atoms with Crippen LogP contribution in [0.15, 0.2) is 0 Å². The molecular formula is C13H26N2O4. The van der Waals surface area contributed by atoms with E-state index in [1.807, 2.05) is 13.8 Å². The van der Waals surface area contributed by atoms with Crippen molar-refractivity contribution in [1.82, 2.24) is 5.32 Å². The van der Waals surface area contributed by atoms with Crippen LogP contribution in [-0.2, 0) is 14.3 Å². The zero-order valence-electron chi connectivity index (χ0n) is 12.6. The van der Waals surface area contributed by atoms with Gasteiger partial charge in [-0.1, -0.05) is 13.8 Å². The smallest absolute Gasteiger partial charge is 0.407 e. The first-order chi connectivity index (χ1) is 8.58. The van der Waals surface area contributed by atoms with Gasteiger partial charge >= 0.3 is 12.1 Å². The van der Waals surface area contributed by atoms with Crippen molar-refractivity contribution in [3.63, 3.8) is 0 Å². The van der Waals surface area contributed by atoms with Crippen LogP contribution in [0, 0.1) is 5.92 Å². The number of rotatable bonds is 5. The van der Waals surface area contributed by atoms with Crippen molar-refractivity contribution in [2.75, 3.05) is 6.61 Å². The first kappa shape index (κ1) is 17.7. The number of alkyl carbamates (subject to hydrolysis) is 1. The molecule has 0 fully saturated rings. The zero-order chi connectivity index (χ0) is 15.2. The third kappa shape index (κ3) is 7.00. The minimum atomic E-state index is -0.910. The number of hydrogen-bond donors (Lipinski definition) is 2. The Morgan fingerprint density at radius 1 is 1.26 bits per heavy atom. The molecule has 0 aliphatic heterocycles. The predicted molar refractivity (Wildman–Crippen MR) is 72.6 cm³/mol. The summed E-state index contributed by atoms with van der Waals surface area (Å²) in [5.74, 6) is -0.552. The third-order valence-corrected chi connectivity index (χ3v) is 2.35. The van der Waals surface area contributed by atoms with E-state index in [1.165, 1.54) is 0 Å². The van der Waals surface area contributed by atoms with Crippen molar-refractivity contribution < 1.29 is 19.1 Å². The monoisotopic (exact) mass is 274 g/mol. The summed E-state index contributed by atoms with van der Waals surface area (Å²) in [6.45, 7) is 11.0. The summed E-state index contributed by atoms with van der Waals surface area (Å²) in [5, 5.41) is 2.63. The Bertz CT molecular complexity index is 310. The largest absolute Gasteiger partial charge is 0.465 e. The van der Waals surface area contributed by atoms with Gasteiger partial charge < -0.3 is 20.5 Å². The molecule has 2 atom stereocenters. The van der Waals surface area contributed by atoms with Gasteiger partial charge in [-0.3, -0.25) is 4.79 Å². The van der Waals surface area contributed by atoms with Crippen LogP contribution in [0.4, 0.5) is 4.79 Å². The van der Waals surface area contributed by atoms with E-state index in [-0.39, 0.29) is 12.5 Å². The standard InChI is InChI=1S/C13H26N2O4/c1-7-18-11(16)9(14)10(8(2)3)15-12(17)19-13(4,5)6/h8-10H,7,14H2,1-6H3,(H,15,17)/t9-,10+/m0/s1. The summed E-state index contributed by atoms with van der Waals surface area (Å²) in [5.41, 5.74) is 5.22. The van der Waals surface area contributed by atoms with Gasteiger partial charge in [-0.15, -0.1) is 0 Å². The summed E-state index contributed by atoms with van der Waals surface area (Å²) in [7, 11) is 0. The van der Waals surface area contributed by atoms with Crippen molar-refractivity contribution in [2.24, 2.45) is 11.7 Å². The lowest BCUT2D eigenvalue weighted by atomic mass is 9.97. The van der Waals surface area contributed by atoms with Crippen molar-refractivity contribution >= 4 is 12.1 Å². The Kier molecular flexibility index (Phi) is 6.83. The number of amides is 1. The fourth-order valence-corrected chi connectivity index (χ4v) is 1.50. The second-order valence-corrected chi connectivity index (χ2v) is 5.69. The lowest BCUT2D eigenvalue weighted by Gasteiger charge is -2.28. The van der Waals surface area contributed by atoms with Crippen LogP contribution >= 0.6 is 0 Å². The van der Waals surface area contributed by atoms with Gasteiger partial charge in [-0.05, 0) is 33.6 Å². The minimum Gasteiger partial charge on any atom is -0.465 e. The van der Waals surface area contributed by atoms with Gasteiger partial charge in [-0.25, -0.2) is 4.79 Å². The highest BCUT2D eigenvalue weighted by atomic mass is 16.6. The van der Waals surface area contributed by atoms with Gasteiger partial charge in [0.25, 0.3) is 0 Å². The number of carbonyl (C=O) groups excluding carboxylic acids is 2. The zero-order valence-corrected chi connectivity index (χ0v) is 12.6. The summed E-state index contributed by atoms with van der Waals surface area (Å²) < 4.78 is 10.0.